The Bertz CT molecular complexity index is 839. The van der Waals surface area contributed by atoms with Gasteiger partial charge in [-0.2, -0.15) is 0 Å². The second kappa shape index (κ2) is 8.61. The fraction of sp³-hybridized carbons (Fsp3) is 0.217. The molecule has 2 N–H and O–H groups in total. The van der Waals surface area contributed by atoms with E-state index in [1.807, 2.05) is 6.07 Å². The highest BCUT2D eigenvalue weighted by Gasteiger charge is 2.24. The van der Waals surface area contributed by atoms with E-state index in [1.54, 1.807) is 11.8 Å². The highest BCUT2D eigenvalue weighted by molar-refractivity contribution is 7.99. The van der Waals surface area contributed by atoms with E-state index < -0.39 is 6.10 Å². The van der Waals surface area contributed by atoms with Crippen molar-refractivity contribution in [3.05, 3.63) is 84.4 Å². The zero-order valence-corrected chi connectivity index (χ0v) is 16.0. The highest BCUT2D eigenvalue weighted by Crippen LogP contribution is 2.47. The average molecular weight is 377 g/mol. The molecule has 4 rings (SSSR count). The number of aliphatic hydroxyl groups is 1. The predicted molar refractivity (Wildman–Crippen MR) is 113 cm³/mol. The molecule has 0 aliphatic carbocycles. The fourth-order valence-electron chi connectivity index (χ4n) is 3.40. The van der Waals surface area contributed by atoms with Crippen molar-refractivity contribution in [1.82, 2.24) is 5.32 Å². The molecule has 0 fully saturated rings. The van der Waals surface area contributed by atoms with Crippen LogP contribution in [0.1, 0.15) is 5.56 Å². The maximum atomic E-state index is 10.6. The number of hydrogen-bond donors (Lipinski definition) is 2. The quantitative estimate of drug-likeness (QED) is 0.596. The first-order valence-electron chi connectivity index (χ1n) is 9.37. The molecule has 0 saturated carbocycles. The molecular weight excluding hydrogens is 352 g/mol. The van der Waals surface area contributed by atoms with Gasteiger partial charge in [0.25, 0.3) is 0 Å². The molecule has 3 aromatic rings. The molecule has 0 aromatic heterocycles. The van der Waals surface area contributed by atoms with E-state index in [4.69, 9.17) is 0 Å². The molecule has 0 bridgehead atoms. The Kier molecular flexibility index (Phi) is 5.78. The van der Waals surface area contributed by atoms with Crippen LogP contribution in [0, 0.1) is 0 Å². The minimum absolute atomic E-state index is 0.440. The molecule has 1 aliphatic heterocycles. The summed E-state index contributed by atoms with van der Waals surface area (Å²) in [5.74, 6) is 0. The average Bonchev–Trinajstić information content (AvgIpc) is 2.72. The van der Waals surface area contributed by atoms with E-state index in [0.29, 0.717) is 13.1 Å². The van der Waals surface area contributed by atoms with Crippen LogP contribution in [-0.4, -0.2) is 30.8 Å². The summed E-state index contributed by atoms with van der Waals surface area (Å²) in [7, 11) is 0. The summed E-state index contributed by atoms with van der Waals surface area (Å²) in [5.41, 5.74) is 3.66. The lowest BCUT2D eigenvalue weighted by atomic mass is 10.1. The second-order valence-corrected chi connectivity index (χ2v) is 7.83. The largest absolute Gasteiger partial charge is 0.390 e. The van der Waals surface area contributed by atoms with Crippen LogP contribution in [0.5, 0.6) is 0 Å². The number of nitrogens with one attached hydrogen (secondary N) is 1. The van der Waals surface area contributed by atoms with Gasteiger partial charge < -0.3 is 15.3 Å². The first kappa shape index (κ1) is 18.1. The topological polar surface area (TPSA) is 35.5 Å². The minimum Gasteiger partial charge on any atom is -0.390 e. The van der Waals surface area contributed by atoms with Crippen LogP contribution in [0.4, 0.5) is 11.4 Å². The number of fused-ring (bicyclic) bond motifs is 2. The van der Waals surface area contributed by atoms with Crippen LogP contribution in [0.15, 0.2) is 88.7 Å². The molecule has 27 heavy (non-hydrogen) atoms. The highest BCUT2D eigenvalue weighted by atomic mass is 32.2. The number of benzene rings is 3. The molecule has 0 amide bonds. The monoisotopic (exact) mass is 376 g/mol. The Hall–Kier alpha value is -2.27. The van der Waals surface area contributed by atoms with Gasteiger partial charge in [-0.05, 0) is 42.8 Å². The summed E-state index contributed by atoms with van der Waals surface area (Å²) in [5, 5.41) is 14.0. The third-order valence-corrected chi connectivity index (χ3v) is 5.87. The Labute approximate surface area is 165 Å². The van der Waals surface area contributed by atoms with Crippen molar-refractivity contribution in [1.29, 1.82) is 0 Å². The van der Waals surface area contributed by atoms with Gasteiger partial charge in [-0.3, -0.25) is 0 Å². The molecule has 0 radical (unpaired) electrons. The van der Waals surface area contributed by atoms with Crippen LogP contribution in [0.2, 0.25) is 0 Å². The summed E-state index contributed by atoms with van der Waals surface area (Å²) in [6, 6.07) is 27.3. The Morgan fingerprint density at radius 3 is 2.07 bits per heavy atom. The fourth-order valence-corrected chi connectivity index (χ4v) is 4.49. The second-order valence-electron chi connectivity index (χ2n) is 6.74. The van der Waals surface area contributed by atoms with Crippen LogP contribution >= 0.6 is 11.8 Å². The van der Waals surface area contributed by atoms with Crippen molar-refractivity contribution in [3.63, 3.8) is 0 Å². The molecule has 0 saturated heterocycles. The number of rotatable bonds is 7. The summed E-state index contributed by atoms with van der Waals surface area (Å²) in [6.07, 6.45) is 0.532. The number of nitrogens with zero attached hydrogens (tertiary/aromatic N) is 1. The third-order valence-electron chi connectivity index (χ3n) is 4.74. The zero-order valence-electron chi connectivity index (χ0n) is 15.2. The van der Waals surface area contributed by atoms with E-state index >= 15 is 0 Å². The zero-order chi connectivity index (χ0) is 18.5. The Morgan fingerprint density at radius 1 is 0.815 bits per heavy atom. The Balaban J connectivity index is 1.38. The Morgan fingerprint density at radius 2 is 1.41 bits per heavy atom. The number of hydrogen-bond acceptors (Lipinski definition) is 4. The lowest BCUT2D eigenvalue weighted by Gasteiger charge is -2.34. The van der Waals surface area contributed by atoms with Crippen molar-refractivity contribution >= 4 is 23.1 Å². The van der Waals surface area contributed by atoms with Gasteiger partial charge in [0, 0.05) is 16.3 Å². The third kappa shape index (κ3) is 4.35. The van der Waals surface area contributed by atoms with Gasteiger partial charge in [0.15, 0.2) is 0 Å². The summed E-state index contributed by atoms with van der Waals surface area (Å²) in [4.78, 5) is 4.71. The summed E-state index contributed by atoms with van der Waals surface area (Å²) in [6.45, 7) is 2.03. The van der Waals surface area contributed by atoms with Crippen molar-refractivity contribution in [2.45, 2.75) is 22.3 Å². The number of para-hydroxylation sites is 2. The molecule has 0 spiro atoms. The molecule has 1 aliphatic rings. The molecule has 1 atom stereocenters. The van der Waals surface area contributed by atoms with Crippen LogP contribution in [0.25, 0.3) is 0 Å². The summed E-state index contributed by atoms with van der Waals surface area (Å²) < 4.78 is 0. The van der Waals surface area contributed by atoms with Crippen molar-refractivity contribution in [3.8, 4) is 0 Å². The number of β-amino-alcohol motifs (C(OH)–C–C–N with tert-alkyl or cyclic N) is 1. The van der Waals surface area contributed by atoms with E-state index in [9.17, 15) is 5.11 Å². The van der Waals surface area contributed by atoms with Gasteiger partial charge in [0.2, 0.25) is 0 Å². The molecule has 3 nitrogen and oxygen atoms in total. The van der Waals surface area contributed by atoms with E-state index in [1.165, 1.54) is 26.7 Å². The number of anilines is 2. The molecule has 4 heteroatoms. The maximum absolute atomic E-state index is 10.6. The van der Waals surface area contributed by atoms with E-state index in [-0.39, 0.29) is 0 Å². The van der Waals surface area contributed by atoms with Gasteiger partial charge in [0.05, 0.1) is 24.0 Å². The van der Waals surface area contributed by atoms with Crippen molar-refractivity contribution in [2.24, 2.45) is 0 Å². The smallest absolute Gasteiger partial charge is 0.0843 e. The number of aliphatic hydroxyl groups excluding tert-OH is 1. The van der Waals surface area contributed by atoms with E-state index in [0.717, 1.165) is 13.0 Å². The molecule has 3 aromatic carbocycles. The lowest BCUT2D eigenvalue weighted by Crippen LogP contribution is -2.37. The minimum atomic E-state index is -0.440. The molecular formula is C23H24N2OS. The molecule has 0 unspecified atom stereocenters. The van der Waals surface area contributed by atoms with Crippen LogP contribution < -0.4 is 10.2 Å². The van der Waals surface area contributed by atoms with E-state index in [2.05, 4.69) is 83.0 Å². The van der Waals surface area contributed by atoms with Gasteiger partial charge >= 0.3 is 0 Å². The first-order chi connectivity index (χ1) is 13.3. The van der Waals surface area contributed by atoms with Crippen molar-refractivity contribution < 1.29 is 5.11 Å². The van der Waals surface area contributed by atoms with Crippen LogP contribution in [0.3, 0.4) is 0 Å². The van der Waals surface area contributed by atoms with Crippen molar-refractivity contribution in [2.75, 3.05) is 24.5 Å². The molecule has 138 valence electrons. The standard InChI is InChI=1S/C23H24N2OS/c26-19(16-24-15-14-18-8-2-1-3-9-18)17-25-20-10-4-6-12-22(20)27-23-13-7-5-11-21(23)25/h1-13,19,24,26H,14-17H2/t19-/m0/s1. The first-order valence-corrected chi connectivity index (χ1v) is 10.2. The van der Waals surface area contributed by atoms with Crippen LogP contribution in [-0.2, 0) is 6.42 Å². The van der Waals surface area contributed by atoms with Gasteiger partial charge in [0.1, 0.15) is 0 Å². The van der Waals surface area contributed by atoms with Gasteiger partial charge in [-0.25, -0.2) is 0 Å². The normalized spacial score (nSPS) is 13.7. The SMILES string of the molecule is O[C@@H](CNCCc1ccccc1)CN1c2ccccc2Sc2ccccc21. The van der Waals surface area contributed by atoms with Gasteiger partial charge in [-0.15, -0.1) is 0 Å². The summed E-state index contributed by atoms with van der Waals surface area (Å²) >= 11 is 1.79. The molecule has 1 heterocycles. The predicted octanol–water partition coefficient (Wildman–Crippen LogP) is 4.48. The maximum Gasteiger partial charge on any atom is 0.0843 e. The van der Waals surface area contributed by atoms with Gasteiger partial charge in [-0.1, -0.05) is 66.4 Å². The lowest BCUT2D eigenvalue weighted by molar-refractivity contribution is 0.179.